The Labute approximate surface area is 144 Å². The van der Waals surface area contributed by atoms with Gasteiger partial charge in [-0.3, -0.25) is 9.59 Å². The Kier molecular flexibility index (Phi) is 5.96. The summed E-state index contributed by atoms with van der Waals surface area (Å²) < 4.78 is 0. The summed E-state index contributed by atoms with van der Waals surface area (Å²) in [5.41, 5.74) is 0.588. The molecule has 0 spiro atoms. The lowest BCUT2D eigenvalue weighted by Gasteiger charge is -2.09. The van der Waals surface area contributed by atoms with Crippen molar-refractivity contribution in [2.24, 2.45) is 0 Å². The topological polar surface area (TPSA) is 71.1 Å². The zero-order chi connectivity index (χ0) is 16.8. The largest absolute Gasteiger partial charge is 0.351 e. The Morgan fingerprint density at radius 2 is 1.57 bits per heavy atom. The number of rotatable bonds is 5. The summed E-state index contributed by atoms with van der Waals surface area (Å²) in [5, 5.41) is 5.96. The lowest BCUT2D eigenvalue weighted by atomic mass is 10.2. The fourth-order valence-corrected chi connectivity index (χ4v) is 2.30. The minimum absolute atomic E-state index is 0.102. The summed E-state index contributed by atoms with van der Waals surface area (Å²) >= 11 is 12.0. The average Bonchev–Trinajstić information content (AvgIpc) is 2.56. The van der Waals surface area contributed by atoms with Crippen LogP contribution in [0.3, 0.4) is 0 Å². The van der Waals surface area contributed by atoms with E-state index in [0.29, 0.717) is 22.3 Å². The summed E-state index contributed by atoms with van der Waals surface area (Å²) in [4.78, 5) is 28.3. The van der Waals surface area contributed by atoms with Gasteiger partial charge >= 0.3 is 0 Å². The predicted octanol–water partition coefficient (Wildman–Crippen LogP) is 3.78. The summed E-state index contributed by atoms with van der Waals surface area (Å²) in [6.07, 6.45) is 0.816. The van der Waals surface area contributed by atoms with E-state index in [4.69, 9.17) is 23.2 Å². The number of nitrogens with zero attached hydrogens (tertiary/aromatic N) is 1. The van der Waals surface area contributed by atoms with Crippen LogP contribution in [-0.2, 0) is 0 Å². The second-order valence-corrected chi connectivity index (χ2v) is 5.53. The SMILES string of the molecule is CCCNC(=O)c1cccc(C(=O)Nc2c(Cl)cccc2Cl)n1. The van der Waals surface area contributed by atoms with Gasteiger partial charge in [0.2, 0.25) is 0 Å². The Morgan fingerprint density at radius 3 is 2.17 bits per heavy atom. The minimum atomic E-state index is -0.495. The highest BCUT2D eigenvalue weighted by Gasteiger charge is 2.14. The van der Waals surface area contributed by atoms with Crippen LogP contribution in [0.25, 0.3) is 0 Å². The number of carbonyl (C=O) groups is 2. The number of hydrogen-bond acceptors (Lipinski definition) is 3. The van der Waals surface area contributed by atoms with Crippen LogP contribution in [0, 0.1) is 0 Å². The third kappa shape index (κ3) is 4.43. The summed E-state index contributed by atoms with van der Waals surface area (Å²) in [6.45, 7) is 2.50. The Hall–Kier alpha value is -2.11. The maximum Gasteiger partial charge on any atom is 0.274 e. The third-order valence-electron chi connectivity index (χ3n) is 2.95. The van der Waals surface area contributed by atoms with Gasteiger partial charge in [0.05, 0.1) is 15.7 Å². The Bertz CT molecular complexity index is 715. The molecule has 0 atom stereocenters. The molecule has 120 valence electrons. The van der Waals surface area contributed by atoms with Gasteiger partial charge in [-0.05, 0) is 30.7 Å². The first-order valence-corrected chi connectivity index (χ1v) is 7.79. The number of halogens is 2. The van der Waals surface area contributed by atoms with E-state index in [1.807, 2.05) is 6.92 Å². The van der Waals surface area contributed by atoms with Crippen molar-refractivity contribution in [2.75, 3.05) is 11.9 Å². The number of anilines is 1. The maximum atomic E-state index is 12.3. The zero-order valence-electron chi connectivity index (χ0n) is 12.4. The van der Waals surface area contributed by atoms with Crippen molar-refractivity contribution in [3.63, 3.8) is 0 Å². The van der Waals surface area contributed by atoms with Crippen LogP contribution in [-0.4, -0.2) is 23.3 Å². The summed E-state index contributed by atoms with van der Waals surface area (Å²) in [6, 6.07) is 9.56. The van der Waals surface area contributed by atoms with Crippen molar-refractivity contribution in [1.29, 1.82) is 0 Å². The van der Waals surface area contributed by atoms with Gasteiger partial charge in [0.15, 0.2) is 0 Å². The van der Waals surface area contributed by atoms with Gasteiger partial charge in [0.25, 0.3) is 11.8 Å². The van der Waals surface area contributed by atoms with E-state index in [9.17, 15) is 9.59 Å². The van der Waals surface area contributed by atoms with Gasteiger partial charge in [0, 0.05) is 6.54 Å². The van der Waals surface area contributed by atoms with Gasteiger partial charge in [-0.15, -0.1) is 0 Å². The van der Waals surface area contributed by atoms with Crippen LogP contribution >= 0.6 is 23.2 Å². The van der Waals surface area contributed by atoms with Gasteiger partial charge in [-0.25, -0.2) is 4.98 Å². The standard InChI is InChI=1S/C16H15Cl2N3O2/c1-2-9-19-15(22)12-7-4-8-13(20-12)16(23)21-14-10(17)5-3-6-11(14)18/h3-8H,2,9H2,1H3,(H,19,22)(H,21,23). The molecule has 0 fully saturated rings. The molecule has 0 radical (unpaired) electrons. The molecule has 0 saturated heterocycles. The molecule has 0 bridgehead atoms. The van der Waals surface area contributed by atoms with E-state index in [1.165, 1.54) is 6.07 Å². The van der Waals surface area contributed by atoms with Crippen LogP contribution < -0.4 is 10.6 Å². The van der Waals surface area contributed by atoms with Gasteiger partial charge in [-0.2, -0.15) is 0 Å². The third-order valence-corrected chi connectivity index (χ3v) is 3.58. The van der Waals surface area contributed by atoms with E-state index < -0.39 is 5.91 Å². The van der Waals surface area contributed by atoms with E-state index in [0.717, 1.165) is 6.42 Å². The Balaban J connectivity index is 2.18. The first-order chi connectivity index (χ1) is 11.0. The number of amides is 2. The van der Waals surface area contributed by atoms with Crippen LogP contribution in [0.2, 0.25) is 10.0 Å². The number of nitrogens with one attached hydrogen (secondary N) is 2. The molecule has 23 heavy (non-hydrogen) atoms. The van der Waals surface area contributed by atoms with Crippen LogP contribution in [0.1, 0.15) is 34.3 Å². The number of carbonyl (C=O) groups excluding carboxylic acids is 2. The predicted molar refractivity (Wildman–Crippen MR) is 91.3 cm³/mol. The summed E-state index contributed by atoms with van der Waals surface area (Å²) in [7, 11) is 0. The molecule has 0 unspecified atom stereocenters. The number of pyridine rings is 1. The number of aromatic nitrogens is 1. The minimum Gasteiger partial charge on any atom is -0.351 e. The number of para-hydroxylation sites is 1. The maximum absolute atomic E-state index is 12.3. The molecule has 1 heterocycles. The monoisotopic (exact) mass is 351 g/mol. The first-order valence-electron chi connectivity index (χ1n) is 7.03. The molecule has 7 heteroatoms. The zero-order valence-corrected chi connectivity index (χ0v) is 13.9. The average molecular weight is 352 g/mol. The first kappa shape index (κ1) is 17.2. The fraction of sp³-hybridized carbons (Fsp3) is 0.188. The van der Waals surface area contributed by atoms with Crippen LogP contribution in [0.15, 0.2) is 36.4 Å². The molecule has 1 aromatic carbocycles. The number of benzene rings is 1. The van der Waals surface area contributed by atoms with Crippen molar-refractivity contribution >= 4 is 40.7 Å². The molecule has 0 saturated carbocycles. The molecule has 1 aromatic heterocycles. The molecular formula is C16H15Cl2N3O2. The van der Waals surface area contributed by atoms with Gasteiger partial charge in [-0.1, -0.05) is 42.3 Å². The molecule has 2 aromatic rings. The molecule has 0 aliphatic rings. The molecule has 2 N–H and O–H groups in total. The van der Waals surface area contributed by atoms with Crippen molar-refractivity contribution in [3.8, 4) is 0 Å². The highest BCUT2D eigenvalue weighted by atomic mass is 35.5. The van der Waals surface area contributed by atoms with Crippen molar-refractivity contribution in [2.45, 2.75) is 13.3 Å². The van der Waals surface area contributed by atoms with Crippen LogP contribution in [0.4, 0.5) is 5.69 Å². The van der Waals surface area contributed by atoms with Crippen molar-refractivity contribution in [1.82, 2.24) is 10.3 Å². The normalized spacial score (nSPS) is 10.2. The van der Waals surface area contributed by atoms with Gasteiger partial charge in [0.1, 0.15) is 11.4 Å². The van der Waals surface area contributed by atoms with Gasteiger partial charge < -0.3 is 10.6 Å². The second-order valence-electron chi connectivity index (χ2n) is 4.71. The number of hydrogen-bond donors (Lipinski definition) is 2. The highest BCUT2D eigenvalue weighted by molar-refractivity contribution is 6.40. The van der Waals surface area contributed by atoms with E-state index >= 15 is 0 Å². The highest BCUT2D eigenvalue weighted by Crippen LogP contribution is 2.30. The lowest BCUT2D eigenvalue weighted by Crippen LogP contribution is -2.26. The second kappa shape index (κ2) is 7.94. The lowest BCUT2D eigenvalue weighted by molar-refractivity contribution is 0.0948. The van der Waals surface area contributed by atoms with E-state index in [1.54, 1.807) is 30.3 Å². The van der Waals surface area contributed by atoms with Crippen molar-refractivity contribution in [3.05, 3.63) is 57.8 Å². The molecule has 0 aliphatic carbocycles. The molecule has 2 rings (SSSR count). The smallest absolute Gasteiger partial charge is 0.274 e. The molecule has 5 nitrogen and oxygen atoms in total. The molecule has 0 aliphatic heterocycles. The van der Waals surface area contributed by atoms with Crippen molar-refractivity contribution < 1.29 is 9.59 Å². The van der Waals surface area contributed by atoms with E-state index in [-0.39, 0.29) is 17.3 Å². The van der Waals surface area contributed by atoms with Crippen LogP contribution in [0.5, 0.6) is 0 Å². The summed E-state index contributed by atoms with van der Waals surface area (Å²) in [5.74, 6) is -0.817. The molecular weight excluding hydrogens is 337 g/mol. The quantitative estimate of drug-likeness (QED) is 0.860. The Morgan fingerprint density at radius 1 is 1.00 bits per heavy atom. The fourth-order valence-electron chi connectivity index (χ4n) is 1.81. The molecule has 2 amide bonds. The van der Waals surface area contributed by atoms with E-state index in [2.05, 4.69) is 15.6 Å².